The second-order valence-electron chi connectivity index (χ2n) is 9.16. The molecule has 0 unspecified atom stereocenters. The van der Waals surface area contributed by atoms with Crippen LogP contribution < -0.4 is 5.32 Å². The Morgan fingerprint density at radius 2 is 0.781 bits per heavy atom. The van der Waals surface area contributed by atoms with Crippen molar-refractivity contribution in [1.29, 1.82) is 0 Å². The van der Waals surface area contributed by atoms with Crippen LogP contribution in [0, 0.1) is 0 Å². The van der Waals surface area contributed by atoms with Gasteiger partial charge in [0.05, 0.1) is 0 Å². The number of halogens is 1. The van der Waals surface area contributed by atoms with E-state index >= 15 is 0 Å². The predicted octanol–water partition coefficient (Wildman–Crippen LogP) is 8.31. The van der Waals surface area contributed by atoms with Gasteiger partial charge in [-0.05, 0) is 25.9 Å². The van der Waals surface area contributed by atoms with E-state index in [2.05, 4.69) is 12.2 Å². The van der Waals surface area contributed by atoms with Crippen molar-refractivity contribution in [2.45, 2.75) is 135 Å². The minimum Gasteiger partial charge on any atom is -0.377 e. The van der Waals surface area contributed by atoms with Gasteiger partial charge in [0.1, 0.15) is 0 Å². The lowest BCUT2D eigenvalue weighted by Gasteiger charge is -2.24. The molecule has 0 aromatic rings. The first-order chi connectivity index (χ1) is 15.2. The summed E-state index contributed by atoms with van der Waals surface area (Å²) in [6.07, 6.45) is 26.8. The lowest BCUT2D eigenvalue weighted by atomic mass is 10.0. The molecule has 0 rings (SSSR count). The normalized spacial score (nSPS) is 11.6. The van der Waals surface area contributed by atoms with E-state index in [0.29, 0.717) is 0 Å². The summed E-state index contributed by atoms with van der Waals surface area (Å²) in [7, 11) is 2.68. The summed E-state index contributed by atoms with van der Waals surface area (Å²) < 4.78 is 16.3. The third kappa shape index (κ3) is 22.2. The summed E-state index contributed by atoms with van der Waals surface area (Å²) in [5.74, 6) is 0. The van der Waals surface area contributed by atoms with Gasteiger partial charge < -0.3 is 18.6 Å². The summed E-state index contributed by atoms with van der Waals surface area (Å²) in [4.78, 5) is 0. The molecule has 0 fully saturated rings. The van der Waals surface area contributed by atoms with Crippen LogP contribution in [0.5, 0.6) is 0 Å². The predicted molar refractivity (Wildman–Crippen MR) is 145 cm³/mol. The standard InChI is InChI=1S/C26H57NO3Si.ClH/c1-5-6-7-8-9-10-11-12-13-14-15-16-17-18-19-20-21-22-24-27-25-23-26-31(28-2,29-3)30-4;/h27H,5-26H2,1-4H3;1H. The zero-order valence-corrected chi connectivity index (χ0v) is 24.0. The Kier molecular flexibility index (Phi) is 29.8. The highest BCUT2D eigenvalue weighted by Crippen LogP contribution is 2.15. The van der Waals surface area contributed by atoms with Gasteiger partial charge in [-0.1, -0.05) is 116 Å². The number of rotatable bonds is 26. The Balaban J connectivity index is 0. The van der Waals surface area contributed by atoms with E-state index in [9.17, 15) is 0 Å². The van der Waals surface area contributed by atoms with E-state index in [-0.39, 0.29) is 12.4 Å². The number of nitrogens with one attached hydrogen (secondary N) is 1. The molecule has 0 aromatic carbocycles. The molecule has 0 radical (unpaired) electrons. The van der Waals surface area contributed by atoms with Gasteiger partial charge in [-0.25, -0.2) is 0 Å². The van der Waals surface area contributed by atoms with Crippen LogP contribution in [0.15, 0.2) is 0 Å². The van der Waals surface area contributed by atoms with Crippen LogP contribution in [0.4, 0.5) is 0 Å². The average molecular weight is 496 g/mol. The zero-order valence-electron chi connectivity index (χ0n) is 22.2. The molecular weight excluding hydrogens is 438 g/mol. The van der Waals surface area contributed by atoms with E-state index < -0.39 is 8.80 Å². The van der Waals surface area contributed by atoms with Crippen LogP contribution in [-0.4, -0.2) is 43.2 Å². The minimum atomic E-state index is -2.37. The second-order valence-corrected chi connectivity index (χ2v) is 12.3. The van der Waals surface area contributed by atoms with Gasteiger partial charge in [-0.15, -0.1) is 12.4 Å². The molecule has 0 saturated carbocycles. The molecule has 0 aliphatic heterocycles. The van der Waals surface area contributed by atoms with Crippen molar-refractivity contribution in [2.75, 3.05) is 34.4 Å². The van der Waals surface area contributed by atoms with Crippen molar-refractivity contribution in [3.63, 3.8) is 0 Å². The van der Waals surface area contributed by atoms with E-state index in [0.717, 1.165) is 25.6 Å². The largest absolute Gasteiger partial charge is 0.500 e. The monoisotopic (exact) mass is 495 g/mol. The van der Waals surface area contributed by atoms with Crippen LogP contribution in [0.25, 0.3) is 0 Å². The maximum absolute atomic E-state index is 5.45. The molecule has 1 N–H and O–H groups in total. The van der Waals surface area contributed by atoms with Crippen molar-refractivity contribution in [1.82, 2.24) is 5.32 Å². The van der Waals surface area contributed by atoms with E-state index in [1.54, 1.807) is 21.3 Å². The first kappa shape index (κ1) is 34.5. The molecule has 0 aliphatic carbocycles. The van der Waals surface area contributed by atoms with Crippen LogP contribution >= 0.6 is 12.4 Å². The number of hydrogen-bond donors (Lipinski definition) is 1. The SMILES string of the molecule is CCCCCCCCCCCCCCCCCCCCNCCC[Si](OC)(OC)OC.Cl. The van der Waals surface area contributed by atoms with Crippen molar-refractivity contribution in [2.24, 2.45) is 0 Å². The molecule has 32 heavy (non-hydrogen) atoms. The second kappa shape index (κ2) is 27.6. The van der Waals surface area contributed by atoms with E-state index in [1.807, 2.05) is 0 Å². The average Bonchev–Trinajstić information content (AvgIpc) is 2.80. The first-order valence-electron chi connectivity index (χ1n) is 13.6. The van der Waals surface area contributed by atoms with Crippen LogP contribution in [0.3, 0.4) is 0 Å². The zero-order chi connectivity index (χ0) is 22.9. The third-order valence-corrected chi connectivity index (χ3v) is 9.31. The molecule has 0 spiro atoms. The van der Waals surface area contributed by atoms with Gasteiger partial charge in [0.15, 0.2) is 0 Å². The van der Waals surface area contributed by atoms with Crippen LogP contribution in [0.2, 0.25) is 6.04 Å². The smallest absolute Gasteiger partial charge is 0.377 e. The molecule has 0 heterocycles. The van der Waals surface area contributed by atoms with Gasteiger partial charge >= 0.3 is 8.80 Å². The fourth-order valence-electron chi connectivity index (χ4n) is 4.26. The molecule has 4 nitrogen and oxygen atoms in total. The third-order valence-electron chi connectivity index (χ3n) is 6.48. The fraction of sp³-hybridized carbons (Fsp3) is 1.00. The first-order valence-corrected chi connectivity index (χ1v) is 15.5. The Morgan fingerprint density at radius 1 is 0.469 bits per heavy atom. The Labute approximate surface area is 209 Å². The summed E-state index contributed by atoms with van der Waals surface area (Å²) >= 11 is 0. The lowest BCUT2D eigenvalue weighted by molar-refractivity contribution is 0.123. The molecule has 0 bridgehead atoms. The van der Waals surface area contributed by atoms with Gasteiger partial charge in [0.25, 0.3) is 0 Å². The lowest BCUT2D eigenvalue weighted by Crippen LogP contribution is -2.43. The summed E-state index contributed by atoms with van der Waals surface area (Å²) in [6, 6.07) is 0.878. The topological polar surface area (TPSA) is 39.7 Å². The van der Waals surface area contributed by atoms with Crippen LogP contribution in [0.1, 0.15) is 129 Å². The Morgan fingerprint density at radius 3 is 1.12 bits per heavy atom. The van der Waals surface area contributed by atoms with Gasteiger partial charge in [-0.3, -0.25) is 0 Å². The summed E-state index contributed by atoms with van der Waals surface area (Å²) in [6.45, 7) is 4.44. The van der Waals surface area contributed by atoms with Gasteiger partial charge in [0.2, 0.25) is 0 Å². The van der Waals surface area contributed by atoms with Crippen LogP contribution in [-0.2, 0) is 13.3 Å². The number of unbranched alkanes of at least 4 members (excludes halogenated alkanes) is 17. The molecular formula is C26H58ClNO3Si. The molecule has 6 heteroatoms. The Bertz CT molecular complexity index is 339. The van der Waals surface area contributed by atoms with Crippen molar-refractivity contribution >= 4 is 21.2 Å². The fourth-order valence-corrected chi connectivity index (χ4v) is 5.98. The summed E-state index contributed by atoms with van der Waals surface area (Å²) in [5.41, 5.74) is 0. The maximum atomic E-state index is 5.45. The highest BCUT2D eigenvalue weighted by molar-refractivity contribution is 6.60. The molecule has 0 aliphatic rings. The van der Waals surface area contributed by atoms with E-state index in [1.165, 1.54) is 116 Å². The van der Waals surface area contributed by atoms with Crippen molar-refractivity contribution < 1.29 is 13.3 Å². The van der Waals surface area contributed by atoms with E-state index in [4.69, 9.17) is 13.3 Å². The molecule has 0 atom stereocenters. The molecule has 0 amide bonds. The van der Waals surface area contributed by atoms with Gasteiger partial charge in [-0.2, -0.15) is 0 Å². The Hall–Kier alpha value is 0.347. The highest BCUT2D eigenvalue weighted by atomic mass is 35.5. The minimum absolute atomic E-state index is 0. The molecule has 196 valence electrons. The summed E-state index contributed by atoms with van der Waals surface area (Å²) in [5, 5.41) is 3.54. The maximum Gasteiger partial charge on any atom is 0.500 e. The van der Waals surface area contributed by atoms with Gasteiger partial charge in [0, 0.05) is 27.4 Å². The quantitative estimate of drug-likeness (QED) is 0.0966. The number of hydrogen-bond acceptors (Lipinski definition) is 4. The molecule has 0 aromatic heterocycles. The molecule has 0 saturated heterocycles. The van der Waals surface area contributed by atoms with Crippen molar-refractivity contribution in [3.05, 3.63) is 0 Å². The van der Waals surface area contributed by atoms with Crippen molar-refractivity contribution in [3.8, 4) is 0 Å². The highest BCUT2D eigenvalue weighted by Gasteiger charge is 2.36.